The van der Waals surface area contributed by atoms with Gasteiger partial charge >= 0.3 is 0 Å². The van der Waals surface area contributed by atoms with Gasteiger partial charge in [0.15, 0.2) is 0 Å². The van der Waals surface area contributed by atoms with Crippen LogP contribution in [-0.4, -0.2) is 36.5 Å². The normalized spacial score (nSPS) is 17.8. The van der Waals surface area contributed by atoms with Crippen molar-refractivity contribution in [1.29, 1.82) is 0 Å². The van der Waals surface area contributed by atoms with E-state index < -0.39 is 10.0 Å². The molecule has 1 aromatic rings. The molecule has 5 heteroatoms. The van der Waals surface area contributed by atoms with Gasteiger partial charge in [0.25, 0.3) is 0 Å². The first-order valence-electron chi connectivity index (χ1n) is 6.95. The third-order valence-electron chi connectivity index (χ3n) is 3.87. The molecular formula is C14H22N2O2S. The molecule has 1 aliphatic rings. The highest BCUT2D eigenvalue weighted by Gasteiger charge is 2.30. The van der Waals surface area contributed by atoms with Gasteiger partial charge in [0.1, 0.15) is 0 Å². The van der Waals surface area contributed by atoms with Gasteiger partial charge in [-0.05, 0) is 37.0 Å². The molecule has 0 unspecified atom stereocenters. The minimum absolute atomic E-state index is 0.163. The van der Waals surface area contributed by atoms with E-state index >= 15 is 0 Å². The maximum absolute atomic E-state index is 12.4. The topological polar surface area (TPSA) is 50.3 Å². The molecule has 4 nitrogen and oxygen atoms in total. The Bertz CT molecular complexity index is 481. The molecular weight excluding hydrogens is 260 g/mol. The summed E-state index contributed by atoms with van der Waals surface area (Å²) < 4.78 is 26.4. The molecule has 1 aromatic heterocycles. The SMILES string of the molecule is CN(CCc1ccncc1)S(=O)(=O)C1CCCCC1. The molecule has 0 aromatic carbocycles. The van der Waals surface area contributed by atoms with Crippen molar-refractivity contribution >= 4 is 10.0 Å². The minimum atomic E-state index is -3.11. The average molecular weight is 282 g/mol. The number of likely N-dealkylation sites (N-methyl/N-ethyl adjacent to an activating group) is 1. The van der Waals surface area contributed by atoms with Crippen molar-refractivity contribution < 1.29 is 8.42 Å². The van der Waals surface area contributed by atoms with Crippen LogP contribution in [0.15, 0.2) is 24.5 Å². The van der Waals surface area contributed by atoms with Crippen molar-refractivity contribution in [1.82, 2.24) is 9.29 Å². The Balaban J connectivity index is 1.93. The third kappa shape index (κ3) is 3.76. The zero-order valence-electron chi connectivity index (χ0n) is 11.5. The standard InChI is InChI=1S/C14H22N2O2S/c1-16(12-9-13-7-10-15-11-8-13)19(17,18)14-5-3-2-4-6-14/h7-8,10-11,14H,2-6,9,12H2,1H3. The van der Waals surface area contributed by atoms with Gasteiger partial charge in [0.2, 0.25) is 10.0 Å². The van der Waals surface area contributed by atoms with Gasteiger partial charge in [-0.3, -0.25) is 4.98 Å². The lowest BCUT2D eigenvalue weighted by molar-refractivity contribution is 0.427. The fourth-order valence-corrected chi connectivity index (χ4v) is 4.36. The summed E-state index contributed by atoms with van der Waals surface area (Å²) in [6.45, 7) is 0.544. The van der Waals surface area contributed by atoms with Gasteiger partial charge in [0.05, 0.1) is 5.25 Å². The van der Waals surface area contributed by atoms with Crippen LogP contribution in [-0.2, 0) is 16.4 Å². The van der Waals surface area contributed by atoms with Crippen LogP contribution < -0.4 is 0 Å². The molecule has 1 heterocycles. The number of pyridine rings is 1. The molecule has 2 rings (SSSR count). The minimum Gasteiger partial charge on any atom is -0.265 e. The van der Waals surface area contributed by atoms with Crippen LogP contribution in [0.25, 0.3) is 0 Å². The smallest absolute Gasteiger partial charge is 0.216 e. The van der Waals surface area contributed by atoms with Crippen LogP contribution in [0.2, 0.25) is 0 Å². The largest absolute Gasteiger partial charge is 0.265 e. The molecule has 19 heavy (non-hydrogen) atoms. The number of hydrogen-bond donors (Lipinski definition) is 0. The summed E-state index contributed by atoms with van der Waals surface area (Å²) in [6, 6.07) is 3.86. The fraction of sp³-hybridized carbons (Fsp3) is 0.643. The Labute approximate surface area is 115 Å². The van der Waals surface area contributed by atoms with E-state index in [-0.39, 0.29) is 5.25 Å². The number of sulfonamides is 1. The maximum Gasteiger partial charge on any atom is 0.216 e. The van der Waals surface area contributed by atoms with E-state index in [9.17, 15) is 8.42 Å². The van der Waals surface area contributed by atoms with Crippen molar-refractivity contribution in [3.63, 3.8) is 0 Å². The molecule has 106 valence electrons. The molecule has 0 atom stereocenters. The lowest BCUT2D eigenvalue weighted by Gasteiger charge is -2.27. The summed E-state index contributed by atoms with van der Waals surface area (Å²) in [5.41, 5.74) is 1.13. The Morgan fingerprint density at radius 3 is 2.47 bits per heavy atom. The van der Waals surface area contributed by atoms with E-state index in [1.807, 2.05) is 12.1 Å². The maximum atomic E-state index is 12.4. The fourth-order valence-electron chi connectivity index (χ4n) is 2.58. The lowest BCUT2D eigenvalue weighted by atomic mass is 10.0. The molecule has 0 bridgehead atoms. The van der Waals surface area contributed by atoms with Crippen molar-refractivity contribution in [3.05, 3.63) is 30.1 Å². The molecule has 0 spiro atoms. The second kappa shape index (κ2) is 6.48. The first-order valence-corrected chi connectivity index (χ1v) is 8.45. The molecule has 1 aliphatic carbocycles. The Hall–Kier alpha value is -0.940. The number of aromatic nitrogens is 1. The monoisotopic (exact) mass is 282 g/mol. The van der Waals surface area contributed by atoms with E-state index in [2.05, 4.69) is 4.98 Å². The van der Waals surface area contributed by atoms with Crippen LogP contribution in [0, 0.1) is 0 Å². The van der Waals surface area contributed by atoms with Crippen LogP contribution >= 0.6 is 0 Å². The number of hydrogen-bond acceptors (Lipinski definition) is 3. The van der Waals surface area contributed by atoms with Crippen LogP contribution in [0.5, 0.6) is 0 Å². The Morgan fingerprint density at radius 1 is 1.21 bits per heavy atom. The molecule has 0 N–H and O–H groups in total. The first kappa shape index (κ1) is 14.5. The summed E-state index contributed by atoms with van der Waals surface area (Å²) >= 11 is 0. The summed E-state index contributed by atoms with van der Waals surface area (Å²) in [5, 5.41) is -0.163. The predicted octanol–water partition coefficient (Wildman–Crippen LogP) is 2.22. The number of nitrogens with zero attached hydrogens (tertiary/aromatic N) is 2. The van der Waals surface area contributed by atoms with Gasteiger partial charge < -0.3 is 0 Å². The van der Waals surface area contributed by atoms with Crippen LogP contribution in [0.3, 0.4) is 0 Å². The molecule has 1 fully saturated rings. The van der Waals surface area contributed by atoms with E-state index in [0.717, 1.165) is 37.7 Å². The zero-order chi connectivity index (χ0) is 13.7. The first-order chi connectivity index (χ1) is 9.10. The summed E-state index contributed by atoms with van der Waals surface area (Å²) in [6.07, 6.45) is 9.13. The van der Waals surface area contributed by atoms with Crippen molar-refractivity contribution in [3.8, 4) is 0 Å². The van der Waals surface area contributed by atoms with E-state index in [1.165, 1.54) is 10.7 Å². The van der Waals surface area contributed by atoms with Crippen molar-refractivity contribution in [2.45, 2.75) is 43.8 Å². The van der Waals surface area contributed by atoms with Gasteiger partial charge in [-0.25, -0.2) is 12.7 Å². The quantitative estimate of drug-likeness (QED) is 0.832. The third-order valence-corrected chi connectivity index (χ3v) is 6.24. The van der Waals surface area contributed by atoms with E-state index in [1.54, 1.807) is 19.4 Å². The average Bonchev–Trinajstić information content (AvgIpc) is 2.46. The summed E-state index contributed by atoms with van der Waals surface area (Å²) in [7, 11) is -1.41. The highest BCUT2D eigenvalue weighted by atomic mass is 32.2. The highest BCUT2D eigenvalue weighted by molar-refractivity contribution is 7.89. The summed E-state index contributed by atoms with van der Waals surface area (Å²) in [4.78, 5) is 3.96. The Kier molecular flexibility index (Phi) is 4.93. The summed E-state index contributed by atoms with van der Waals surface area (Å²) in [5.74, 6) is 0. The number of rotatable bonds is 5. The zero-order valence-corrected chi connectivity index (χ0v) is 12.3. The molecule has 0 aliphatic heterocycles. The van der Waals surface area contributed by atoms with E-state index in [4.69, 9.17) is 0 Å². The van der Waals surface area contributed by atoms with Gasteiger partial charge in [0, 0.05) is 26.0 Å². The van der Waals surface area contributed by atoms with Crippen molar-refractivity contribution in [2.24, 2.45) is 0 Å². The molecule has 0 saturated heterocycles. The van der Waals surface area contributed by atoms with Crippen LogP contribution in [0.4, 0.5) is 0 Å². The van der Waals surface area contributed by atoms with Gasteiger partial charge in [-0.2, -0.15) is 0 Å². The molecule has 1 saturated carbocycles. The molecule has 0 radical (unpaired) electrons. The lowest BCUT2D eigenvalue weighted by Crippen LogP contribution is -2.38. The van der Waals surface area contributed by atoms with Crippen molar-refractivity contribution in [2.75, 3.05) is 13.6 Å². The second-order valence-electron chi connectivity index (χ2n) is 5.23. The second-order valence-corrected chi connectivity index (χ2v) is 7.55. The molecule has 0 amide bonds. The predicted molar refractivity (Wildman–Crippen MR) is 76.4 cm³/mol. The highest BCUT2D eigenvalue weighted by Crippen LogP contribution is 2.25. The Morgan fingerprint density at radius 2 is 1.84 bits per heavy atom. The van der Waals surface area contributed by atoms with Gasteiger partial charge in [-0.15, -0.1) is 0 Å². The van der Waals surface area contributed by atoms with Gasteiger partial charge in [-0.1, -0.05) is 19.3 Å². The van der Waals surface area contributed by atoms with Crippen LogP contribution in [0.1, 0.15) is 37.7 Å². The van der Waals surface area contributed by atoms with E-state index in [0.29, 0.717) is 6.54 Å².